The number of rotatable bonds is 7. The molecular formula is C29H30BrN7O. The second-order valence-electron chi connectivity index (χ2n) is 10.3. The molecule has 0 aliphatic carbocycles. The first-order valence-corrected chi connectivity index (χ1v) is 13.5. The van der Waals surface area contributed by atoms with E-state index in [9.17, 15) is 4.79 Å². The first-order chi connectivity index (χ1) is 18.3. The average molecular weight is 573 g/mol. The lowest BCUT2D eigenvalue weighted by Crippen LogP contribution is -2.27. The van der Waals surface area contributed by atoms with E-state index < -0.39 is 0 Å². The predicted molar refractivity (Wildman–Crippen MR) is 152 cm³/mol. The third kappa shape index (κ3) is 4.98. The molecule has 8 nitrogen and oxygen atoms in total. The van der Waals surface area contributed by atoms with Crippen molar-refractivity contribution in [3.63, 3.8) is 0 Å². The number of benzene rings is 2. The fourth-order valence-corrected chi connectivity index (χ4v) is 5.28. The van der Waals surface area contributed by atoms with E-state index in [2.05, 4.69) is 75.3 Å². The summed E-state index contributed by atoms with van der Waals surface area (Å²) in [6.45, 7) is 9.12. The third-order valence-electron chi connectivity index (χ3n) is 6.58. The molecule has 0 atom stereocenters. The molecule has 3 aromatic heterocycles. The normalized spacial score (nSPS) is 11.7. The van der Waals surface area contributed by atoms with Crippen molar-refractivity contribution < 1.29 is 0 Å². The van der Waals surface area contributed by atoms with Crippen LogP contribution < -0.4 is 5.69 Å². The Balaban J connectivity index is 1.52. The topological polar surface area (TPSA) is 94.3 Å². The van der Waals surface area contributed by atoms with Crippen molar-refractivity contribution in [1.29, 1.82) is 0 Å². The van der Waals surface area contributed by atoms with Crippen LogP contribution >= 0.6 is 15.9 Å². The standard InChI is InChI=1S/C29H30BrN7O/c1-5-8-21-18-37(26-23(29(2,3)4)10-6-11-24(26)30)28(38)36(21)17-19-12-14-20(15-13-19)25-22(9-7-16-31-25)27-32-34-35-33-27/h6-7,9-16,18H,5,8,17H2,1-4H3,(H,32,33,34,35). The van der Waals surface area contributed by atoms with Gasteiger partial charge in [-0.15, -0.1) is 5.10 Å². The molecule has 9 heteroatoms. The van der Waals surface area contributed by atoms with Gasteiger partial charge in [-0.3, -0.25) is 14.1 Å². The third-order valence-corrected chi connectivity index (χ3v) is 7.22. The summed E-state index contributed by atoms with van der Waals surface area (Å²) >= 11 is 3.71. The fourth-order valence-electron chi connectivity index (χ4n) is 4.73. The zero-order valence-electron chi connectivity index (χ0n) is 21.9. The monoisotopic (exact) mass is 571 g/mol. The molecule has 0 amide bonds. The van der Waals surface area contributed by atoms with Gasteiger partial charge in [0.25, 0.3) is 0 Å². The summed E-state index contributed by atoms with van der Waals surface area (Å²) in [5.41, 5.74) is 6.47. The number of nitrogens with one attached hydrogen (secondary N) is 1. The Kier molecular flexibility index (Phi) is 7.12. The Hall–Kier alpha value is -3.85. The molecule has 5 rings (SSSR count). The average Bonchev–Trinajstić information content (AvgIpc) is 3.54. The maximum absolute atomic E-state index is 13.8. The molecule has 2 aromatic carbocycles. The Bertz CT molecular complexity index is 1610. The number of hydrogen-bond acceptors (Lipinski definition) is 5. The SMILES string of the molecule is CCCc1cn(-c2c(Br)cccc2C(C)(C)C)c(=O)n1Cc1ccc(-c2ncccc2-c2nnn[nH]2)cc1. The fraction of sp³-hybridized carbons (Fsp3) is 0.276. The van der Waals surface area contributed by atoms with Crippen LogP contribution in [0.25, 0.3) is 28.3 Å². The first-order valence-electron chi connectivity index (χ1n) is 12.7. The van der Waals surface area contributed by atoms with Gasteiger partial charge in [0, 0.05) is 33.7 Å². The molecule has 0 radical (unpaired) electrons. The molecule has 3 heterocycles. The number of para-hydroxylation sites is 1. The van der Waals surface area contributed by atoms with Gasteiger partial charge < -0.3 is 0 Å². The second-order valence-corrected chi connectivity index (χ2v) is 11.2. The minimum Gasteiger partial charge on any atom is -0.292 e. The van der Waals surface area contributed by atoms with Gasteiger partial charge in [0.2, 0.25) is 0 Å². The van der Waals surface area contributed by atoms with Crippen LogP contribution in [-0.2, 0) is 18.4 Å². The van der Waals surface area contributed by atoms with E-state index in [1.807, 2.05) is 59.3 Å². The van der Waals surface area contributed by atoms with Crippen LogP contribution in [0.4, 0.5) is 0 Å². The molecule has 0 aliphatic heterocycles. The number of imidazole rings is 1. The van der Waals surface area contributed by atoms with Gasteiger partial charge in [0.1, 0.15) is 0 Å². The van der Waals surface area contributed by atoms with Crippen molar-refractivity contribution in [3.05, 3.63) is 98.8 Å². The maximum Gasteiger partial charge on any atom is 0.333 e. The van der Waals surface area contributed by atoms with Crippen LogP contribution in [0.5, 0.6) is 0 Å². The van der Waals surface area contributed by atoms with Gasteiger partial charge in [-0.1, -0.05) is 70.5 Å². The zero-order valence-corrected chi connectivity index (χ0v) is 23.5. The van der Waals surface area contributed by atoms with Crippen molar-refractivity contribution >= 4 is 15.9 Å². The molecule has 0 spiro atoms. The highest BCUT2D eigenvalue weighted by Crippen LogP contribution is 2.33. The number of nitrogens with zero attached hydrogens (tertiary/aromatic N) is 6. The second kappa shape index (κ2) is 10.5. The van der Waals surface area contributed by atoms with Gasteiger partial charge in [0.15, 0.2) is 5.82 Å². The van der Waals surface area contributed by atoms with Gasteiger partial charge in [-0.2, -0.15) is 0 Å². The molecule has 0 saturated carbocycles. The summed E-state index contributed by atoms with van der Waals surface area (Å²) in [6.07, 6.45) is 5.52. The van der Waals surface area contributed by atoms with Crippen LogP contribution in [0.2, 0.25) is 0 Å². The molecule has 0 saturated heterocycles. The number of hydrogen-bond donors (Lipinski definition) is 1. The highest BCUT2D eigenvalue weighted by atomic mass is 79.9. The summed E-state index contributed by atoms with van der Waals surface area (Å²) in [5.74, 6) is 0.566. The van der Waals surface area contributed by atoms with Gasteiger partial charge in [0.05, 0.1) is 17.9 Å². The lowest BCUT2D eigenvalue weighted by Gasteiger charge is -2.23. The lowest BCUT2D eigenvalue weighted by molar-refractivity contribution is 0.584. The van der Waals surface area contributed by atoms with E-state index in [1.165, 1.54) is 0 Å². The molecule has 0 bridgehead atoms. The first kappa shape index (κ1) is 25.8. The molecule has 0 fully saturated rings. The highest BCUT2D eigenvalue weighted by Gasteiger charge is 2.23. The number of aromatic amines is 1. The van der Waals surface area contributed by atoms with Crippen molar-refractivity contribution in [2.75, 3.05) is 0 Å². The number of aromatic nitrogens is 7. The van der Waals surface area contributed by atoms with Crippen LogP contribution in [0.3, 0.4) is 0 Å². The van der Waals surface area contributed by atoms with Crippen LogP contribution in [0.1, 0.15) is 50.9 Å². The molecule has 5 aromatic rings. The molecule has 0 aliphatic rings. The van der Waals surface area contributed by atoms with Gasteiger partial charge >= 0.3 is 5.69 Å². The van der Waals surface area contributed by atoms with Crippen LogP contribution in [0.15, 0.2) is 76.3 Å². The summed E-state index contributed by atoms with van der Waals surface area (Å²) < 4.78 is 4.59. The molecule has 1 N–H and O–H groups in total. The van der Waals surface area contributed by atoms with Crippen molar-refractivity contribution in [2.45, 2.75) is 52.5 Å². The minimum atomic E-state index is -0.118. The highest BCUT2D eigenvalue weighted by molar-refractivity contribution is 9.10. The molecular weight excluding hydrogens is 542 g/mol. The van der Waals surface area contributed by atoms with E-state index >= 15 is 0 Å². The zero-order chi connectivity index (χ0) is 26.9. The van der Waals surface area contributed by atoms with E-state index in [-0.39, 0.29) is 11.1 Å². The Morgan fingerprint density at radius 1 is 1.03 bits per heavy atom. The van der Waals surface area contributed by atoms with Gasteiger partial charge in [-0.05, 0) is 67.5 Å². The minimum absolute atomic E-state index is 0.0419. The van der Waals surface area contributed by atoms with Crippen molar-refractivity contribution in [3.8, 4) is 28.3 Å². The van der Waals surface area contributed by atoms with Gasteiger partial charge in [-0.25, -0.2) is 9.89 Å². The Morgan fingerprint density at radius 3 is 2.50 bits per heavy atom. The number of pyridine rings is 1. The summed E-state index contributed by atoms with van der Waals surface area (Å²) in [5, 5.41) is 14.2. The number of halogens is 1. The molecule has 194 valence electrons. The summed E-state index contributed by atoms with van der Waals surface area (Å²) in [4.78, 5) is 18.4. The smallest absolute Gasteiger partial charge is 0.292 e. The van der Waals surface area contributed by atoms with E-state index in [1.54, 1.807) is 10.8 Å². The number of tetrazole rings is 1. The lowest BCUT2D eigenvalue weighted by atomic mass is 9.86. The number of H-pyrrole nitrogens is 1. The van der Waals surface area contributed by atoms with E-state index in [0.29, 0.717) is 12.4 Å². The molecule has 0 unspecified atom stereocenters. The predicted octanol–water partition coefficient (Wildman–Crippen LogP) is 5.94. The number of aryl methyl sites for hydroxylation is 1. The van der Waals surface area contributed by atoms with Crippen molar-refractivity contribution in [2.24, 2.45) is 0 Å². The Morgan fingerprint density at radius 2 is 1.82 bits per heavy atom. The quantitative estimate of drug-likeness (QED) is 0.261. The summed E-state index contributed by atoms with van der Waals surface area (Å²) in [6, 6.07) is 18.1. The van der Waals surface area contributed by atoms with Crippen LogP contribution in [-0.4, -0.2) is 34.7 Å². The van der Waals surface area contributed by atoms with Crippen molar-refractivity contribution in [1.82, 2.24) is 34.7 Å². The summed E-state index contributed by atoms with van der Waals surface area (Å²) in [7, 11) is 0. The molecule has 38 heavy (non-hydrogen) atoms. The van der Waals surface area contributed by atoms with Crippen LogP contribution in [0, 0.1) is 0 Å². The van der Waals surface area contributed by atoms with E-state index in [4.69, 9.17) is 0 Å². The van der Waals surface area contributed by atoms with E-state index in [0.717, 1.165) is 56.6 Å². The Labute approximate surface area is 229 Å². The maximum atomic E-state index is 13.8. The largest absolute Gasteiger partial charge is 0.333 e.